The number of sulfonamides is 1. The number of halogens is 2. The Kier molecular flexibility index (Phi) is 4.03. The van der Waals surface area contributed by atoms with Crippen molar-refractivity contribution in [2.45, 2.75) is 4.90 Å². The summed E-state index contributed by atoms with van der Waals surface area (Å²) in [5.41, 5.74) is 6.55. The molecular weight excluding hydrogens is 352 g/mol. The third-order valence-corrected chi connectivity index (χ3v) is 4.60. The fourth-order valence-electron chi connectivity index (χ4n) is 1.45. The number of anilines is 2. The molecule has 0 radical (unpaired) electrons. The molecule has 2 rings (SSSR count). The van der Waals surface area contributed by atoms with Crippen LogP contribution in [0.3, 0.4) is 0 Å². The highest BCUT2D eigenvalue weighted by molar-refractivity contribution is 9.10. The molecule has 0 bridgehead atoms. The maximum atomic E-state index is 12.2. The zero-order valence-electron chi connectivity index (χ0n) is 9.60. The molecule has 0 aliphatic heterocycles. The van der Waals surface area contributed by atoms with E-state index in [1.54, 1.807) is 30.3 Å². The second-order valence-corrected chi connectivity index (χ2v) is 6.78. The lowest BCUT2D eigenvalue weighted by Crippen LogP contribution is -2.13. The van der Waals surface area contributed by atoms with Crippen molar-refractivity contribution in [3.05, 3.63) is 52.0 Å². The van der Waals surface area contributed by atoms with Crippen molar-refractivity contribution in [1.82, 2.24) is 0 Å². The number of hydrogen-bond donors (Lipinski definition) is 2. The number of benzene rings is 2. The first-order valence-electron chi connectivity index (χ1n) is 5.22. The highest BCUT2D eigenvalue weighted by Crippen LogP contribution is 2.27. The fraction of sp³-hybridized carbons (Fsp3) is 0. The minimum Gasteiger partial charge on any atom is -0.399 e. The molecule has 0 aromatic heterocycles. The number of nitrogens with one attached hydrogen (secondary N) is 1. The zero-order chi connectivity index (χ0) is 14.0. The van der Waals surface area contributed by atoms with Gasteiger partial charge in [0.15, 0.2) is 0 Å². The molecule has 19 heavy (non-hydrogen) atoms. The number of nitrogens with two attached hydrogens (primary N) is 1. The van der Waals surface area contributed by atoms with Crippen molar-refractivity contribution in [3.8, 4) is 0 Å². The van der Waals surface area contributed by atoms with Gasteiger partial charge in [-0.1, -0.05) is 17.7 Å². The van der Waals surface area contributed by atoms with Crippen LogP contribution in [0, 0.1) is 0 Å². The Bertz CT molecular complexity index is 719. The summed E-state index contributed by atoms with van der Waals surface area (Å²) in [5.74, 6) is 0. The highest BCUT2D eigenvalue weighted by Gasteiger charge is 2.15. The van der Waals surface area contributed by atoms with Crippen LogP contribution in [0.15, 0.2) is 51.8 Å². The largest absolute Gasteiger partial charge is 0.399 e. The molecular formula is C12H10BrClN2O2S. The van der Waals surface area contributed by atoms with Crippen molar-refractivity contribution in [2.24, 2.45) is 0 Å². The maximum Gasteiger partial charge on any atom is 0.261 e. The molecule has 0 heterocycles. The average molecular weight is 362 g/mol. The second kappa shape index (κ2) is 5.40. The lowest BCUT2D eigenvalue weighted by atomic mass is 10.3. The SMILES string of the molecule is Nc1ccc(NS(=O)(=O)c2cccc(Cl)c2)c(Br)c1. The van der Waals surface area contributed by atoms with Crippen LogP contribution in [-0.4, -0.2) is 8.42 Å². The molecule has 0 unspecified atom stereocenters. The molecule has 0 atom stereocenters. The van der Waals surface area contributed by atoms with Gasteiger partial charge in [0, 0.05) is 15.2 Å². The van der Waals surface area contributed by atoms with Gasteiger partial charge in [-0.05, 0) is 52.3 Å². The van der Waals surface area contributed by atoms with E-state index in [9.17, 15) is 8.42 Å². The Hall–Kier alpha value is -1.24. The molecule has 0 saturated carbocycles. The maximum absolute atomic E-state index is 12.2. The molecule has 4 nitrogen and oxygen atoms in total. The number of rotatable bonds is 3. The molecule has 2 aromatic carbocycles. The van der Waals surface area contributed by atoms with Crippen molar-refractivity contribution in [3.63, 3.8) is 0 Å². The van der Waals surface area contributed by atoms with Gasteiger partial charge in [-0.2, -0.15) is 0 Å². The van der Waals surface area contributed by atoms with Crippen LogP contribution in [0.25, 0.3) is 0 Å². The molecule has 0 amide bonds. The lowest BCUT2D eigenvalue weighted by molar-refractivity contribution is 0.601. The van der Waals surface area contributed by atoms with Crippen molar-refractivity contribution >= 4 is 48.9 Å². The lowest BCUT2D eigenvalue weighted by Gasteiger charge is -2.10. The van der Waals surface area contributed by atoms with Crippen molar-refractivity contribution < 1.29 is 8.42 Å². The Balaban J connectivity index is 2.36. The van der Waals surface area contributed by atoms with Gasteiger partial charge in [0.05, 0.1) is 10.6 Å². The van der Waals surface area contributed by atoms with Gasteiger partial charge >= 0.3 is 0 Å². The molecule has 3 N–H and O–H groups in total. The molecule has 100 valence electrons. The van der Waals surface area contributed by atoms with Crippen LogP contribution >= 0.6 is 27.5 Å². The van der Waals surface area contributed by atoms with Gasteiger partial charge in [0.25, 0.3) is 10.0 Å². The summed E-state index contributed by atoms with van der Waals surface area (Å²) in [7, 11) is -3.68. The summed E-state index contributed by atoms with van der Waals surface area (Å²) >= 11 is 9.04. The van der Waals surface area contributed by atoms with E-state index in [-0.39, 0.29) is 4.90 Å². The van der Waals surface area contributed by atoms with E-state index in [1.807, 2.05) is 0 Å². The van der Waals surface area contributed by atoms with Gasteiger partial charge in [0.1, 0.15) is 0 Å². The van der Waals surface area contributed by atoms with Crippen LogP contribution in [0.4, 0.5) is 11.4 Å². The van der Waals surface area contributed by atoms with Gasteiger partial charge in [-0.3, -0.25) is 4.72 Å². The monoisotopic (exact) mass is 360 g/mol. The van der Waals surface area contributed by atoms with Crippen molar-refractivity contribution in [1.29, 1.82) is 0 Å². The van der Waals surface area contributed by atoms with Crippen molar-refractivity contribution in [2.75, 3.05) is 10.5 Å². The molecule has 0 aliphatic rings. The van der Waals surface area contributed by atoms with Gasteiger partial charge in [0.2, 0.25) is 0 Å². The molecule has 7 heteroatoms. The van der Waals surface area contributed by atoms with Gasteiger partial charge in [-0.15, -0.1) is 0 Å². The van der Waals surface area contributed by atoms with E-state index in [4.69, 9.17) is 17.3 Å². The Morgan fingerprint density at radius 2 is 1.89 bits per heavy atom. The van der Waals surface area contributed by atoms with E-state index in [0.717, 1.165) is 0 Å². The topological polar surface area (TPSA) is 72.2 Å². The van der Waals surface area contributed by atoms with Crippen LogP contribution < -0.4 is 10.5 Å². The summed E-state index contributed by atoms with van der Waals surface area (Å²) < 4.78 is 27.4. The van der Waals surface area contributed by atoms with Gasteiger partial charge < -0.3 is 5.73 Å². The Morgan fingerprint density at radius 1 is 1.16 bits per heavy atom. The third kappa shape index (κ3) is 3.40. The van der Waals surface area contributed by atoms with Crippen LogP contribution in [0.1, 0.15) is 0 Å². The Morgan fingerprint density at radius 3 is 2.53 bits per heavy atom. The van der Waals surface area contributed by atoms with Crippen LogP contribution in [-0.2, 0) is 10.0 Å². The quantitative estimate of drug-likeness (QED) is 0.822. The Labute approximate surface area is 124 Å². The fourth-order valence-corrected chi connectivity index (χ4v) is 3.46. The van der Waals surface area contributed by atoms with Crippen LogP contribution in [0.5, 0.6) is 0 Å². The minimum absolute atomic E-state index is 0.101. The number of hydrogen-bond acceptors (Lipinski definition) is 3. The standard InChI is InChI=1S/C12H10BrClN2O2S/c13-11-7-9(15)4-5-12(11)16-19(17,18)10-3-1-2-8(14)6-10/h1-7,16H,15H2. The van der Waals surface area contributed by atoms with Crippen LogP contribution in [0.2, 0.25) is 5.02 Å². The minimum atomic E-state index is -3.68. The molecule has 2 aromatic rings. The van der Waals surface area contributed by atoms with E-state index < -0.39 is 10.0 Å². The zero-order valence-corrected chi connectivity index (χ0v) is 12.8. The smallest absolute Gasteiger partial charge is 0.261 e. The van der Waals surface area contributed by atoms with E-state index in [0.29, 0.717) is 20.9 Å². The summed E-state index contributed by atoms with van der Waals surface area (Å²) in [6.07, 6.45) is 0. The predicted octanol–water partition coefficient (Wildman–Crippen LogP) is 3.49. The van der Waals surface area contributed by atoms with E-state index in [2.05, 4.69) is 20.7 Å². The predicted molar refractivity (Wildman–Crippen MR) is 80.8 cm³/mol. The summed E-state index contributed by atoms with van der Waals surface area (Å²) in [4.78, 5) is 0.101. The first-order valence-corrected chi connectivity index (χ1v) is 7.87. The summed E-state index contributed by atoms with van der Waals surface area (Å²) in [5, 5.41) is 0.360. The molecule has 0 aliphatic carbocycles. The normalized spacial score (nSPS) is 11.3. The highest BCUT2D eigenvalue weighted by atomic mass is 79.9. The van der Waals surface area contributed by atoms with E-state index in [1.165, 1.54) is 12.1 Å². The summed E-state index contributed by atoms with van der Waals surface area (Å²) in [6.45, 7) is 0. The third-order valence-electron chi connectivity index (χ3n) is 2.34. The summed E-state index contributed by atoms with van der Waals surface area (Å²) in [6, 6.07) is 10.9. The molecule has 0 saturated heterocycles. The second-order valence-electron chi connectivity index (χ2n) is 3.80. The molecule has 0 fully saturated rings. The molecule has 0 spiro atoms. The average Bonchev–Trinajstić information content (AvgIpc) is 2.33. The van der Waals surface area contributed by atoms with Gasteiger partial charge in [-0.25, -0.2) is 8.42 Å². The van der Waals surface area contributed by atoms with E-state index >= 15 is 0 Å². The number of nitrogen functional groups attached to an aromatic ring is 1. The first kappa shape index (κ1) is 14.2. The first-order chi connectivity index (χ1) is 8.88.